The van der Waals surface area contributed by atoms with Crippen molar-refractivity contribution in [3.63, 3.8) is 0 Å². The fourth-order valence-electron chi connectivity index (χ4n) is 2.83. The Labute approximate surface area is 144 Å². The van der Waals surface area contributed by atoms with E-state index in [0.717, 1.165) is 12.1 Å². The van der Waals surface area contributed by atoms with Crippen LogP contribution in [0, 0.1) is 5.92 Å². The zero-order chi connectivity index (χ0) is 18.6. The van der Waals surface area contributed by atoms with Crippen molar-refractivity contribution in [2.24, 2.45) is 5.92 Å². The van der Waals surface area contributed by atoms with E-state index in [2.05, 4.69) is 0 Å². The fourth-order valence-corrected chi connectivity index (χ4v) is 2.83. The summed E-state index contributed by atoms with van der Waals surface area (Å²) in [6.07, 6.45) is -3.36. The zero-order valence-electron chi connectivity index (χ0n) is 14.3. The molecule has 138 valence electrons. The smallest absolute Gasteiger partial charge is 0.369 e. The normalized spacial score (nSPS) is 18.5. The van der Waals surface area contributed by atoms with Gasteiger partial charge in [-0.2, -0.15) is 13.2 Å². The molecule has 0 radical (unpaired) electrons. The van der Waals surface area contributed by atoms with E-state index < -0.39 is 17.7 Å². The molecule has 1 aliphatic heterocycles. The second-order valence-electron chi connectivity index (χ2n) is 6.48. The Balaban J connectivity index is 2.05. The SMILES string of the molecule is CC(C)OCC(=O)N1CCCC(C(=O)c2cccc(C(F)(F)F)c2)C1. The van der Waals surface area contributed by atoms with Crippen LogP contribution in [0.15, 0.2) is 24.3 Å². The van der Waals surface area contributed by atoms with Gasteiger partial charge in [-0.3, -0.25) is 9.59 Å². The van der Waals surface area contributed by atoms with Gasteiger partial charge in [0.2, 0.25) is 5.91 Å². The van der Waals surface area contributed by atoms with E-state index in [1.165, 1.54) is 12.1 Å². The molecule has 1 amide bonds. The van der Waals surface area contributed by atoms with Crippen LogP contribution in [-0.2, 0) is 15.7 Å². The third-order valence-corrected chi connectivity index (χ3v) is 4.16. The summed E-state index contributed by atoms with van der Waals surface area (Å²) in [6.45, 7) is 4.34. The molecule has 1 aliphatic rings. The summed E-state index contributed by atoms with van der Waals surface area (Å²) in [4.78, 5) is 26.3. The van der Waals surface area contributed by atoms with Crippen LogP contribution in [-0.4, -0.2) is 42.4 Å². The van der Waals surface area contributed by atoms with Crippen molar-refractivity contribution in [2.75, 3.05) is 19.7 Å². The minimum atomic E-state index is -4.49. The molecular weight excluding hydrogens is 335 g/mol. The molecule has 1 saturated heterocycles. The molecule has 0 N–H and O–H groups in total. The van der Waals surface area contributed by atoms with Crippen LogP contribution >= 0.6 is 0 Å². The number of likely N-dealkylation sites (tertiary alicyclic amines) is 1. The van der Waals surface area contributed by atoms with Crippen molar-refractivity contribution in [2.45, 2.75) is 39.0 Å². The largest absolute Gasteiger partial charge is 0.416 e. The predicted octanol–water partition coefficient (Wildman–Crippen LogP) is 3.55. The number of hydrogen-bond acceptors (Lipinski definition) is 3. The van der Waals surface area contributed by atoms with Crippen LogP contribution in [0.3, 0.4) is 0 Å². The standard InChI is InChI=1S/C18H22F3NO3/c1-12(2)25-11-16(23)22-8-4-6-14(10-22)17(24)13-5-3-7-15(9-13)18(19,20)21/h3,5,7,9,12,14H,4,6,8,10-11H2,1-2H3. The van der Waals surface area contributed by atoms with E-state index >= 15 is 0 Å². The number of benzene rings is 1. The van der Waals surface area contributed by atoms with E-state index in [0.29, 0.717) is 19.4 Å². The fraction of sp³-hybridized carbons (Fsp3) is 0.556. The van der Waals surface area contributed by atoms with Crippen molar-refractivity contribution in [1.82, 2.24) is 4.90 Å². The molecule has 1 fully saturated rings. The van der Waals surface area contributed by atoms with Gasteiger partial charge in [-0.05, 0) is 38.8 Å². The lowest BCUT2D eigenvalue weighted by Gasteiger charge is -2.32. The maximum Gasteiger partial charge on any atom is 0.416 e. The third kappa shape index (κ3) is 5.29. The highest BCUT2D eigenvalue weighted by atomic mass is 19.4. The molecular formula is C18H22F3NO3. The number of halogens is 3. The summed E-state index contributed by atoms with van der Waals surface area (Å²) in [7, 11) is 0. The highest BCUT2D eigenvalue weighted by Gasteiger charge is 2.33. The predicted molar refractivity (Wildman–Crippen MR) is 86.2 cm³/mol. The molecule has 1 atom stereocenters. The number of alkyl halides is 3. The Hall–Kier alpha value is -1.89. The van der Waals surface area contributed by atoms with Crippen LogP contribution < -0.4 is 0 Å². The Bertz CT molecular complexity index is 628. The molecule has 1 aromatic rings. The van der Waals surface area contributed by atoms with E-state index in [4.69, 9.17) is 4.74 Å². The van der Waals surface area contributed by atoms with E-state index in [-0.39, 0.29) is 36.5 Å². The number of carbonyl (C=O) groups is 2. The zero-order valence-corrected chi connectivity index (χ0v) is 14.3. The minimum Gasteiger partial charge on any atom is -0.369 e. The highest BCUT2D eigenvalue weighted by molar-refractivity contribution is 5.98. The Morgan fingerprint density at radius 1 is 1.32 bits per heavy atom. The molecule has 2 rings (SSSR count). The number of nitrogens with zero attached hydrogens (tertiary/aromatic N) is 1. The van der Waals surface area contributed by atoms with Crippen LogP contribution in [0.5, 0.6) is 0 Å². The molecule has 0 bridgehead atoms. The molecule has 0 saturated carbocycles. The highest BCUT2D eigenvalue weighted by Crippen LogP contribution is 2.30. The van der Waals surface area contributed by atoms with Gasteiger partial charge in [0.1, 0.15) is 6.61 Å². The first-order chi connectivity index (χ1) is 11.7. The number of Topliss-reactive ketones (excluding diaryl/α,β-unsaturated/α-hetero) is 1. The summed E-state index contributed by atoms with van der Waals surface area (Å²) < 4.78 is 43.7. The van der Waals surface area contributed by atoms with Crippen molar-refractivity contribution in [3.8, 4) is 0 Å². The number of amides is 1. The molecule has 4 nitrogen and oxygen atoms in total. The molecule has 7 heteroatoms. The second kappa shape index (κ2) is 7.99. The van der Waals surface area contributed by atoms with Crippen LogP contribution in [0.1, 0.15) is 42.6 Å². The van der Waals surface area contributed by atoms with Gasteiger partial charge < -0.3 is 9.64 Å². The molecule has 0 spiro atoms. The van der Waals surface area contributed by atoms with Gasteiger partial charge in [-0.15, -0.1) is 0 Å². The van der Waals surface area contributed by atoms with Gasteiger partial charge in [0.05, 0.1) is 11.7 Å². The summed E-state index contributed by atoms with van der Waals surface area (Å²) in [6, 6.07) is 4.44. The molecule has 1 unspecified atom stereocenters. The van der Waals surface area contributed by atoms with Crippen LogP contribution in [0.4, 0.5) is 13.2 Å². The summed E-state index contributed by atoms with van der Waals surface area (Å²) >= 11 is 0. The van der Waals surface area contributed by atoms with Crippen molar-refractivity contribution >= 4 is 11.7 Å². The monoisotopic (exact) mass is 357 g/mol. The lowest BCUT2D eigenvalue weighted by atomic mass is 9.89. The van der Waals surface area contributed by atoms with Crippen molar-refractivity contribution < 1.29 is 27.5 Å². The van der Waals surface area contributed by atoms with E-state index in [1.807, 2.05) is 13.8 Å². The first-order valence-corrected chi connectivity index (χ1v) is 8.29. The van der Waals surface area contributed by atoms with Gasteiger partial charge in [-0.25, -0.2) is 0 Å². The van der Waals surface area contributed by atoms with Gasteiger partial charge in [-0.1, -0.05) is 12.1 Å². The second-order valence-corrected chi connectivity index (χ2v) is 6.48. The Morgan fingerprint density at radius 3 is 2.68 bits per heavy atom. The summed E-state index contributed by atoms with van der Waals surface area (Å²) in [5.41, 5.74) is -0.806. The topological polar surface area (TPSA) is 46.6 Å². The number of ether oxygens (including phenoxy) is 1. The van der Waals surface area contributed by atoms with Crippen molar-refractivity contribution in [1.29, 1.82) is 0 Å². The number of carbonyl (C=O) groups excluding carboxylic acids is 2. The van der Waals surface area contributed by atoms with Gasteiger partial charge in [0.25, 0.3) is 0 Å². The molecule has 0 aliphatic carbocycles. The van der Waals surface area contributed by atoms with E-state index in [9.17, 15) is 22.8 Å². The average Bonchev–Trinajstić information content (AvgIpc) is 2.58. The summed E-state index contributed by atoms with van der Waals surface area (Å²) in [5, 5.41) is 0. The third-order valence-electron chi connectivity index (χ3n) is 4.16. The number of rotatable bonds is 5. The lowest BCUT2D eigenvalue weighted by Crippen LogP contribution is -2.44. The number of hydrogen-bond donors (Lipinski definition) is 0. The maximum absolute atomic E-state index is 12.8. The van der Waals surface area contributed by atoms with E-state index in [1.54, 1.807) is 4.90 Å². The Morgan fingerprint density at radius 2 is 2.04 bits per heavy atom. The van der Waals surface area contributed by atoms with Crippen LogP contribution in [0.25, 0.3) is 0 Å². The number of piperidine rings is 1. The van der Waals surface area contributed by atoms with Crippen LogP contribution in [0.2, 0.25) is 0 Å². The van der Waals surface area contributed by atoms with Gasteiger partial charge in [0.15, 0.2) is 5.78 Å². The molecule has 1 aromatic carbocycles. The minimum absolute atomic E-state index is 0.0348. The Kier molecular flexibility index (Phi) is 6.21. The molecule has 0 aromatic heterocycles. The number of ketones is 1. The average molecular weight is 357 g/mol. The van der Waals surface area contributed by atoms with Gasteiger partial charge >= 0.3 is 6.18 Å². The maximum atomic E-state index is 12.8. The molecule has 25 heavy (non-hydrogen) atoms. The first-order valence-electron chi connectivity index (χ1n) is 8.29. The van der Waals surface area contributed by atoms with Crippen molar-refractivity contribution in [3.05, 3.63) is 35.4 Å². The molecule has 1 heterocycles. The summed E-state index contributed by atoms with van der Waals surface area (Å²) in [5.74, 6) is -1.04. The first kappa shape index (κ1) is 19.4. The lowest BCUT2D eigenvalue weighted by molar-refractivity contribution is -0.139. The quantitative estimate of drug-likeness (QED) is 0.757. The van der Waals surface area contributed by atoms with Gasteiger partial charge in [0, 0.05) is 24.6 Å².